The lowest BCUT2D eigenvalue weighted by Gasteiger charge is -2.07. The molecule has 0 amide bonds. The summed E-state index contributed by atoms with van der Waals surface area (Å²) in [5.74, 6) is -0.540. The van der Waals surface area contributed by atoms with Crippen molar-refractivity contribution in [2.24, 2.45) is 5.92 Å². The van der Waals surface area contributed by atoms with Crippen molar-refractivity contribution in [1.29, 1.82) is 0 Å². The number of rotatable bonds is 13. The Labute approximate surface area is 167 Å². The highest BCUT2D eigenvalue weighted by molar-refractivity contribution is 6.00. The Morgan fingerprint density at radius 3 is 1.33 bits per heavy atom. The Balaban J connectivity index is 4.24. The number of carbonyl (C=O) groups excluding carboxylic acids is 2. The summed E-state index contributed by atoms with van der Waals surface area (Å²) in [5.41, 5.74) is 5.55. The smallest absolute Gasteiger partial charge is 0.140 e. The van der Waals surface area contributed by atoms with Crippen LogP contribution >= 0.6 is 0 Å². The van der Waals surface area contributed by atoms with E-state index in [1.54, 1.807) is 0 Å². The molecule has 27 heavy (non-hydrogen) atoms. The quantitative estimate of drug-likeness (QED) is 0.251. The summed E-state index contributed by atoms with van der Waals surface area (Å²) in [6.45, 7) is 13.8. The van der Waals surface area contributed by atoms with Crippen LogP contribution in [0.25, 0.3) is 0 Å². The summed E-state index contributed by atoms with van der Waals surface area (Å²) in [7, 11) is 0. The van der Waals surface area contributed by atoms with Crippen molar-refractivity contribution < 1.29 is 9.59 Å². The number of carbonyl (C=O) groups is 2. The van der Waals surface area contributed by atoms with Crippen molar-refractivity contribution in [2.45, 2.75) is 93.4 Å². The van der Waals surface area contributed by atoms with E-state index >= 15 is 0 Å². The molecule has 0 heterocycles. The van der Waals surface area contributed by atoms with Gasteiger partial charge in [0, 0.05) is 0 Å². The molecule has 2 heteroatoms. The zero-order valence-corrected chi connectivity index (χ0v) is 18.7. The lowest BCUT2D eigenvalue weighted by atomic mass is 9.95. The van der Waals surface area contributed by atoms with Gasteiger partial charge in [0.05, 0.1) is 5.92 Å². The van der Waals surface area contributed by atoms with Gasteiger partial charge < -0.3 is 0 Å². The SMILES string of the molecule is CC(=O)C(C/C=C(\C)CC/C=C(\C)CC/C=C(\C)CCC=C(C)C)C(C)=O. The monoisotopic (exact) mass is 372 g/mol. The largest absolute Gasteiger partial charge is 0.299 e. The van der Waals surface area contributed by atoms with Gasteiger partial charge in [-0.05, 0) is 93.4 Å². The third-order valence-electron chi connectivity index (χ3n) is 4.84. The second-order valence-electron chi connectivity index (χ2n) is 8.06. The van der Waals surface area contributed by atoms with Crippen molar-refractivity contribution in [3.8, 4) is 0 Å². The highest BCUT2D eigenvalue weighted by Crippen LogP contribution is 2.15. The lowest BCUT2D eigenvalue weighted by Crippen LogP contribution is -2.18. The molecule has 0 N–H and O–H groups in total. The molecule has 0 unspecified atom stereocenters. The van der Waals surface area contributed by atoms with E-state index in [2.05, 4.69) is 58.9 Å². The fourth-order valence-electron chi connectivity index (χ4n) is 2.92. The van der Waals surface area contributed by atoms with Crippen LogP contribution in [0.3, 0.4) is 0 Å². The summed E-state index contributed by atoms with van der Waals surface area (Å²) in [5, 5.41) is 0. The molecular weight excluding hydrogens is 332 g/mol. The third-order valence-corrected chi connectivity index (χ3v) is 4.84. The van der Waals surface area contributed by atoms with E-state index in [-0.39, 0.29) is 11.6 Å². The normalized spacial score (nSPS) is 13.1. The zero-order chi connectivity index (χ0) is 20.8. The van der Waals surface area contributed by atoms with Gasteiger partial charge in [0.25, 0.3) is 0 Å². The highest BCUT2D eigenvalue weighted by atomic mass is 16.1. The van der Waals surface area contributed by atoms with Crippen molar-refractivity contribution in [1.82, 2.24) is 0 Å². The minimum Gasteiger partial charge on any atom is -0.299 e. The van der Waals surface area contributed by atoms with E-state index in [9.17, 15) is 9.59 Å². The van der Waals surface area contributed by atoms with Gasteiger partial charge in [-0.15, -0.1) is 0 Å². The molecule has 0 aliphatic rings. The molecule has 0 aromatic rings. The lowest BCUT2D eigenvalue weighted by molar-refractivity contribution is -0.130. The molecule has 152 valence electrons. The van der Waals surface area contributed by atoms with Crippen molar-refractivity contribution in [3.05, 3.63) is 46.6 Å². The number of Topliss-reactive ketones (excluding diaryl/α,β-unsaturated/α-hetero) is 2. The van der Waals surface area contributed by atoms with Gasteiger partial charge in [-0.1, -0.05) is 46.6 Å². The van der Waals surface area contributed by atoms with Crippen LogP contribution in [0.4, 0.5) is 0 Å². The molecule has 0 rings (SSSR count). The molecule has 0 fully saturated rings. The standard InChI is InChI=1S/C25H40O2/c1-19(2)11-8-12-20(3)13-9-14-21(4)15-10-16-22(5)17-18-25(23(6)26)24(7)27/h11,13,15,17,25H,8-10,12,14,16,18H2,1-7H3/b20-13+,21-15+,22-17+. The van der Waals surface area contributed by atoms with Crippen LogP contribution in [0.2, 0.25) is 0 Å². The minimum atomic E-state index is -0.469. The van der Waals surface area contributed by atoms with Crippen LogP contribution < -0.4 is 0 Å². The molecule has 0 bridgehead atoms. The Hall–Kier alpha value is -1.70. The van der Waals surface area contributed by atoms with Crippen LogP contribution in [0.15, 0.2) is 46.6 Å². The summed E-state index contributed by atoms with van der Waals surface area (Å²) >= 11 is 0. The molecule has 2 nitrogen and oxygen atoms in total. The van der Waals surface area contributed by atoms with Gasteiger partial charge in [0.15, 0.2) is 0 Å². The average Bonchev–Trinajstić information content (AvgIpc) is 2.53. The molecule has 0 spiro atoms. The maximum atomic E-state index is 11.5. The highest BCUT2D eigenvalue weighted by Gasteiger charge is 2.17. The second-order valence-corrected chi connectivity index (χ2v) is 8.06. The van der Waals surface area contributed by atoms with Crippen LogP contribution in [-0.4, -0.2) is 11.6 Å². The Bertz CT molecular complexity index is 582. The summed E-state index contributed by atoms with van der Waals surface area (Å²) in [4.78, 5) is 22.9. The molecule has 0 aromatic carbocycles. The fourth-order valence-corrected chi connectivity index (χ4v) is 2.92. The second kappa shape index (κ2) is 14.4. The number of allylic oxidation sites excluding steroid dienone is 8. The fraction of sp³-hybridized carbons (Fsp3) is 0.600. The number of ketones is 2. The Morgan fingerprint density at radius 2 is 0.963 bits per heavy atom. The van der Waals surface area contributed by atoms with Gasteiger partial charge in [0.1, 0.15) is 11.6 Å². The van der Waals surface area contributed by atoms with Gasteiger partial charge in [-0.25, -0.2) is 0 Å². The van der Waals surface area contributed by atoms with Crippen molar-refractivity contribution in [3.63, 3.8) is 0 Å². The molecule has 0 saturated heterocycles. The molecular formula is C25H40O2. The van der Waals surface area contributed by atoms with E-state index in [0.717, 1.165) is 38.5 Å². The first-order valence-electron chi connectivity index (χ1n) is 10.2. The van der Waals surface area contributed by atoms with E-state index < -0.39 is 5.92 Å². The maximum Gasteiger partial charge on any atom is 0.140 e. The van der Waals surface area contributed by atoms with E-state index in [1.165, 1.54) is 36.1 Å². The molecule has 0 aromatic heterocycles. The molecule has 0 radical (unpaired) electrons. The van der Waals surface area contributed by atoms with Gasteiger partial charge in [-0.2, -0.15) is 0 Å². The molecule has 0 aliphatic carbocycles. The Kier molecular flexibility index (Phi) is 13.5. The predicted octanol–water partition coefficient (Wildman–Crippen LogP) is 7.32. The minimum absolute atomic E-state index is 0.0357. The van der Waals surface area contributed by atoms with Gasteiger partial charge >= 0.3 is 0 Å². The first-order chi connectivity index (χ1) is 12.6. The summed E-state index contributed by atoms with van der Waals surface area (Å²) < 4.78 is 0. The van der Waals surface area contributed by atoms with Crippen LogP contribution in [0.1, 0.15) is 93.4 Å². The van der Waals surface area contributed by atoms with Crippen LogP contribution in [0, 0.1) is 5.92 Å². The van der Waals surface area contributed by atoms with Gasteiger partial charge in [-0.3, -0.25) is 9.59 Å². The molecule has 0 aliphatic heterocycles. The maximum absolute atomic E-state index is 11.5. The first-order valence-corrected chi connectivity index (χ1v) is 10.2. The van der Waals surface area contributed by atoms with Crippen molar-refractivity contribution >= 4 is 11.6 Å². The third kappa shape index (κ3) is 14.1. The van der Waals surface area contributed by atoms with Crippen LogP contribution in [-0.2, 0) is 9.59 Å². The Morgan fingerprint density at radius 1 is 0.593 bits per heavy atom. The molecule has 0 atom stereocenters. The summed E-state index contributed by atoms with van der Waals surface area (Å²) in [6, 6.07) is 0. The number of hydrogen-bond acceptors (Lipinski definition) is 2. The molecule has 0 saturated carbocycles. The van der Waals surface area contributed by atoms with E-state index in [0.29, 0.717) is 6.42 Å². The van der Waals surface area contributed by atoms with Crippen LogP contribution in [0.5, 0.6) is 0 Å². The predicted molar refractivity (Wildman–Crippen MR) is 118 cm³/mol. The van der Waals surface area contributed by atoms with E-state index in [4.69, 9.17) is 0 Å². The summed E-state index contributed by atoms with van der Waals surface area (Å²) in [6.07, 6.45) is 16.1. The zero-order valence-electron chi connectivity index (χ0n) is 18.7. The number of hydrogen-bond donors (Lipinski definition) is 0. The van der Waals surface area contributed by atoms with E-state index in [1.807, 2.05) is 0 Å². The van der Waals surface area contributed by atoms with Gasteiger partial charge in [0.2, 0.25) is 0 Å². The average molecular weight is 373 g/mol. The van der Waals surface area contributed by atoms with Crippen molar-refractivity contribution in [2.75, 3.05) is 0 Å². The first kappa shape index (κ1) is 25.3. The topological polar surface area (TPSA) is 34.1 Å².